The molecule has 0 aliphatic carbocycles. The van der Waals surface area contributed by atoms with Crippen LogP contribution < -0.4 is 5.32 Å². The molecular formula is C19H29NO6. The largest absolute Gasteiger partial charge is 0.466 e. The molecule has 0 saturated carbocycles. The summed E-state index contributed by atoms with van der Waals surface area (Å²) in [6.45, 7) is 7.54. The third kappa shape index (κ3) is 8.31. The SMILES string of the molecule is CCOC(=O)Cc1ccc(C(O)C(O)CCNC(=O)OC(C)(C)C)cc1. The molecule has 146 valence electrons. The number of rotatable bonds is 8. The molecule has 0 fully saturated rings. The van der Waals surface area contributed by atoms with Gasteiger partial charge in [0, 0.05) is 6.54 Å². The Labute approximate surface area is 154 Å². The number of carbonyl (C=O) groups excluding carboxylic acids is 2. The summed E-state index contributed by atoms with van der Waals surface area (Å²) < 4.78 is 9.98. The fourth-order valence-electron chi connectivity index (χ4n) is 2.23. The Balaban J connectivity index is 2.46. The van der Waals surface area contributed by atoms with Crippen molar-refractivity contribution >= 4 is 12.1 Å². The van der Waals surface area contributed by atoms with Gasteiger partial charge in [-0.1, -0.05) is 24.3 Å². The van der Waals surface area contributed by atoms with E-state index in [0.29, 0.717) is 12.2 Å². The number of hydrogen-bond donors (Lipinski definition) is 3. The Morgan fingerprint density at radius 3 is 2.31 bits per heavy atom. The summed E-state index contributed by atoms with van der Waals surface area (Å²) >= 11 is 0. The zero-order valence-corrected chi connectivity index (χ0v) is 15.8. The van der Waals surface area contributed by atoms with Crippen LogP contribution in [0.1, 0.15) is 51.3 Å². The van der Waals surface area contributed by atoms with Crippen molar-refractivity contribution in [1.29, 1.82) is 0 Å². The number of aliphatic hydroxyl groups excluding tert-OH is 2. The first kappa shape index (κ1) is 21.9. The fourth-order valence-corrected chi connectivity index (χ4v) is 2.23. The third-order valence-electron chi connectivity index (χ3n) is 3.45. The first-order chi connectivity index (χ1) is 12.1. The molecule has 2 unspecified atom stereocenters. The highest BCUT2D eigenvalue weighted by molar-refractivity contribution is 5.72. The normalized spacial score (nSPS) is 13.6. The van der Waals surface area contributed by atoms with Gasteiger partial charge in [-0.05, 0) is 45.2 Å². The van der Waals surface area contributed by atoms with Gasteiger partial charge in [-0.25, -0.2) is 4.79 Å². The summed E-state index contributed by atoms with van der Waals surface area (Å²) in [6.07, 6.45) is -2.37. The first-order valence-corrected chi connectivity index (χ1v) is 8.70. The molecule has 7 nitrogen and oxygen atoms in total. The van der Waals surface area contributed by atoms with E-state index in [1.807, 2.05) is 0 Å². The van der Waals surface area contributed by atoms with E-state index in [4.69, 9.17) is 9.47 Å². The van der Waals surface area contributed by atoms with Crippen molar-refractivity contribution in [3.8, 4) is 0 Å². The summed E-state index contributed by atoms with van der Waals surface area (Å²) in [7, 11) is 0. The van der Waals surface area contributed by atoms with Crippen molar-refractivity contribution in [3.63, 3.8) is 0 Å². The number of alkyl carbamates (subject to hydrolysis) is 1. The van der Waals surface area contributed by atoms with Crippen LogP contribution in [0.3, 0.4) is 0 Å². The predicted molar refractivity (Wildman–Crippen MR) is 96.6 cm³/mol. The Morgan fingerprint density at radius 2 is 1.77 bits per heavy atom. The lowest BCUT2D eigenvalue weighted by molar-refractivity contribution is -0.142. The lowest BCUT2D eigenvalue weighted by Crippen LogP contribution is -2.34. The molecule has 1 amide bonds. The number of aliphatic hydroxyl groups is 2. The topological polar surface area (TPSA) is 105 Å². The van der Waals surface area contributed by atoms with Crippen LogP contribution in [-0.2, 0) is 20.7 Å². The van der Waals surface area contributed by atoms with Gasteiger partial charge < -0.3 is 25.0 Å². The molecule has 0 heterocycles. The number of esters is 1. The minimum absolute atomic E-state index is 0.159. The van der Waals surface area contributed by atoms with Crippen LogP contribution >= 0.6 is 0 Å². The van der Waals surface area contributed by atoms with E-state index in [2.05, 4.69) is 5.32 Å². The van der Waals surface area contributed by atoms with Gasteiger partial charge in [0.05, 0.1) is 19.1 Å². The fraction of sp³-hybridized carbons (Fsp3) is 0.579. The molecule has 0 spiro atoms. The highest BCUT2D eigenvalue weighted by Crippen LogP contribution is 2.19. The van der Waals surface area contributed by atoms with E-state index in [9.17, 15) is 19.8 Å². The van der Waals surface area contributed by atoms with E-state index in [1.54, 1.807) is 52.0 Å². The number of benzene rings is 1. The van der Waals surface area contributed by atoms with E-state index < -0.39 is 23.9 Å². The standard InChI is InChI=1S/C19H29NO6/c1-5-25-16(22)12-13-6-8-14(9-7-13)17(23)15(21)10-11-20-18(24)26-19(2,3)4/h6-9,15,17,21,23H,5,10-12H2,1-4H3,(H,20,24). The number of amides is 1. The van der Waals surface area contributed by atoms with Gasteiger partial charge in [0.1, 0.15) is 11.7 Å². The van der Waals surface area contributed by atoms with Crippen molar-refractivity contribution < 1.29 is 29.3 Å². The molecule has 1 rings (SSSR count). The van der Waals surface area contributed by atoms with Gasteiger partial charge in [0.25, 0.3) is 0 Å². The maximum absolute atomic E-state index is 11.5. The summed E-state index contributed by atoms with van der Waals surface area (Å²) in [4.78, 5) is 23.0. The van der Waals surface area contributed by atoms with Gasteiger partial charge in [-0.15, -0.1) is 0 Å². The summed E-state index contributed by atoms with van der Waals surface area (Å²) in [5, 5.41) is 22.8. The molecular weight excluding hydrogens is 338 g/mol. The minimum Gasteiger partial charge on any atom is -0.466 e. The number of nitrogens with one attached hydrogen (secondary N) is 1. The third-order valence-corrected chi connectivity index (χ3v) is 3.45. The maximum atomic E-state index is 11.5. The van der Waals surface area contributed by atoms with E-state index in [-0.39, 0.29) is 25.4 Å². The van der Waals surface area contributed by atoms with Crippen molar-refractivity contribution in [3.05, 3.63) is 35.4 Å². The second-order valence-electron chi connectivity index (χ2n) is 6.95. The summed E-state index contributed by atoms with van der Waals surface area (Å²) in [6, 6.07) is 6.73. The second kappa shape index (κ2) is 10.1. The van der Waals surface area contributed by atoms with Crippen LogP contribution in [0.5, 0.6) is 0 Å². The molecule has 1 aromatic carbocycles. The van der Waals surface area contributed by atoms with Crippen molar-refractivity contribution in [2.24, 2.45) is 0 Å². The van der Waals surface area contributed by atoms with Gasteiger partial charge in [0.2, 0.25) is 0 Å². The molecule has 3 N–H and O–H groups in total. The number of hydrogen-bond acceptors (Lipinski definition) is 6. The molecule has 0 aliphatic heterocycles. The minimum atomic E-state index is -1.09. The van der Waals surface area contributed by atoms with Crippen LogP contribution in [-0.4, -0.2) is 47.1 Å². The zero-order chi connectivity index (χ0) is 19.7. The van der Waals surface area contributed by atoms with Crippen LogP contribution in [0.15, 0.2) is 24.3 Å². The highest BCUT2D eigenvalue weighted by Gasteiger charge is 2.20. The average molecular weight is 367 g/mol. The molecule has 7 heteroatoms. The quantitative estimate of drug-likeness (QED) is 0.608. The molecule has 26 heavy (non-hydrogen) atoms. The summed E-state index contributed by atoms with van der Waals surface area (Å²) in [5.41, 5.74) is 0.705. The molecule has 1 aromatic rings. The predicted octanol–water partition coefficient (Wildman–Crippen LogP) is 2.10. The Kier molecular flexibility index (Phi) is 8.54. The smallest absolute Gasteiger partial charge is 0.407 e. The monoisotopic (exact) mass is 367 g/mol. The van der Waals surface area contributed by atoms with Gasteiger partial charge in [-0.2, -0.15) is 0 Å². The van der Waals surface area contributed by atoms with Crippen LogP contribution in [0.2, 0.25) is 0 Å². The molecule has 0 radical (unpaired) electrons. The average Bonchev–Trinajstić information content (AvgIpc) is 2.53. The molecule has 0 aromatic heterocycles. The van der Waals surface area contributed by atoms with Crippen LogP contribution in [0.4, 0.5) is 4.79 Å². The molecule has 0 aliphatic rings. The Hall–Kier alpha value is -2.12. The molecule has 0 bridgehead atoms. The van der Waals surface area contributed by atoms with Crippen molar-refractivity contribution in [2.75, 3.05) is 13.2 Å². The lowest BCUT2D eigenvalue weighted by Gasteiger charge is -2.21. The maximum Gasteiger partial charge on any atom is 0.407 e. The van der Waals surface area contributed by atoms with Gasteiger partial charge >= 0.3 is 12.1 Å². The molecule has 0 saturated heterocycles. The Bertz CT molecular complexity index is 579. The first-order valence-electron chi connectivity index (χ1n) is 8.70. The van der Waals surface area contributed by atoms with Gasteiger partial charge in [0.15, 0.2) is 0 Å². The van der Waals surface area contributed by atoms with Crippen LogP contribution in [0.25, 0.3) is 0 Å². The van der Waals surface area contributed by atoms with Gasteiger partial charge in [-0.3, -0.25) is 4.79 Å². The second-order valence-corrected chi connectivity index (χ2v) is 6.95. The van der Waals surface area contributed by atoms with E-state index >= 15 is 0 Å². The van der Waals surface area contributed by atoms with Crippen LogP contribution in [0, 0.1) is 0 Å². The number of carbonyl (C=O) groups is 2. The number of ether oxygens (including phenoxy) is 2. The van der Waals surface area contributed by atoms with E-state index in [1.165, 1.54) is 0 Å². The molecule has 2 atom stereocenters. The van der Waals surface area contributed by atoms with E-state index in [0.717, 1.165) is 5.56 Å². The van der Waals surface area contributed by atoms with Crippen molar-refractivity contribution in [1.82, 2.24) is 5.32 Å². The highest BCUT2D eigenvalue weighted by atomic mass is 16.6. The lowest BCUT2D eigenvalue weighted by atomic mass is 10.00. The zero-order valence-electron chi connectivity index (χ0n) is 15.8. The summed E-state index contributed by atoms with van der Waals surface area (Å²) in [5.74, 6) is -0.311. The van der Waals surface area contributed by atoms with Crippen molar-refractivity contribution in [2.45, 2.75) is 58.3 Å². The Morgan fingerprint density at radius 1 is 1.15 bits per heavy atom.